The lowest BCUT2D eigenvalue weighted by Gasteiger charge is -2.17. The molecule has 1 amide bonds. The maximum Gasteiger partial charge on any atom is 0.252 e. The third kappa shape index (κ3) is 5.48. The van der Waals surface area contributed by atoms with E-state index in [9.17, 15) is 9.90 Å². The van der Waals surface area contributed by atoms with E-state index >= 15 is 0 Å². The summed E-state index contributed by atoms with van der Waals surface area (Å²) in [5, 5.41) is 14.9. The molecule has 1 aromatic heterocycles. The van der Waals surface area contributed by atoms with Gasteiger partial charge in [-0.05, 0) is 42.1 Å². The Morgan fingerprint density at radius 2 is 1.77 bits per heavy atom. The number of hydrogen-bond acceptors (Lipinski definition) is 6. The Balaban J connectivity index is 0.00000341. The number of rotatable bonds is 7. The van der Waals surface area contributed by atoms with Crippen molar-refractivity contribution in [2.75, 3.05) is 14.2 Å². The number of nitrogens with zero attached hydrogens (tertiary/aromatic N) is 1. The van der Waals surface area contributed by atoms with Gasteiger partial charge >= 0.3 is 0 Å². The highest BCUT2D eigenvalue weighted by Crippen LogP contribution is 2.37. The molecule has 1 atom stereocenters. The summed E-state index contributed by atoms with van der Waals surface area (Å²) < 4.78 is 10.3. The molecule has 0 aliphatic heterocycles. The smallest absolute Gasteiger partial charge is 0.252 e. The number of nitrogens with two attached hydrogens (primary N) is 1. The molecule has 0 radical (unpaired) electrons. The average molecular weight is 462 g/mol. The molecule has 4 N–H and O–H groups in total. The number of phenolic OH excluding ortho intramolecular Hbond substituents is 1. The quantitative estimate of drug-likeness (QED) is 0.356. The van der Waals surface area contributed by atoms with Crippen LogP contribution in [-0.2, 0) is 0 Å². The molecule has 2 aromatic carbocycles. The third-order valence-electron chi connectivity index (χ3n) is 4.51. The van der Waals surface area contributed by atoms with Gasteiger partial charge in [0.2, 0.25) is 5.75 Å². The number of halogens is 1. The topological polar surface area (TPSA) is 106 Å². The van der Waals surface area contributed by atoms with E-state index in [1.165, 1.54) is 37.7 Å². The highest BCUT2D eigenvalue weighted by Gasteiger charge is 2.19. The van der Waals surface area contributed by atoms with Crippen molar-refractivity contribution < 1.29 is 19.4 Å². The zero-order valence-corrected chi connectivity index (χ0v) is 18.9. The molecule has 9 heteroatoms. The van der Waals surface area contributed by atoms with Gasteiger partial charge in [0.15, 0.2) is 11.5 Å². The lowest BCUT2D eigenvalue weighted by Crippen LogP contribution is -2.26. The second kappa shape index (κ2) is 10.7. The highest BCUT2D eigenvalue weighted by atomic mass is 35.5. The Morgan fingerprint density at radius 1 is 1.13 bits per heavy atom. The Kier molecular flexibility index (Phi) is 8.30. The molecule has 0 fully saturated rings. The molecule has 1 heterocycles. The van der Waals surface area contributed by atoms with Crippen LogP contribution in [0.25, 0.3) is 0 Å². The molecule has 7 nitrogen and oxygen atoms in total. The normalized spacial score (nSPS) is 11.9. The van der Waals surface area contributed by atoms with Crippen LogP contribution >= 0.6 is 23.7 Å². The fourth-order valence-electron chi connectivity index (χ4n) is 2.95. The van der Waals surface area contributed by atoms with Gasteiger partial charge in [0.1, 0.15) is 5.84 Å². The Bertz CT molecular complexity index is 1050. The van der Waals surface area contributed by atoms with Crippen LogP contribution in [0.5, 0.6) is 17.2 Å². The van der Waals surface area contributed by atoms with Crippen molar-refractivity contribution in [3.05, 3.63) is 69.9 Å². The number of hydrogen-bond donors (Lipinski definition) is 3. The van der Waals surface area contributed by atoms with E-state index in [1.807, 2.05) is 48.7 Å². The molecule has 0 saturated carbocycles. The molecule has 0 bridgehead atoms. The number of para-hydroxylation sites is 1. The first-order chi connectivity index (χ1) is 14.4. The Labute approximate surface area is 190 Å². The second-order valence-electron chi connectivity index (χ2n) is 6.46. The first-order valence-electron chi connectivity index (χ1n) is 9.17. The summed E-state index contributed by atoms with van der Waals surface area (Å²) in [6.07, 6.45) is 0. The summed E-state index contributed by atoms with van der Waals surface area (Å²) >= 11 is 1.51. The van der Waals surface area contributed by atoms with Crippen LogP contribution in [0.2, 0.25) is 0 Å². The standard InChI is InChI=1S/C22H23N3O4S.ClH/c1-13(24-22(27)14-11-17(28-2)20(26)18(12-14)29-3)15-7-4-5-8-16(15)25-21(23)19-9-6-10-30-19;/h4-13,26H,1-3H3,(H2,23,25)(H,24,27);1H. The predicted molar refractivity (Wildman–Crippen MR) is 125 cm³/mol. The molecular weight excluding hydrogens is 438 g/mol. The zero-order chi connectivity index (χ0) is 21.7. The van der Waals surface area contributed by atoms with Gasteiger partial charge in [-0.25, -0.2) is 4.99 Å². The molecule has 3 aromatic rings. The fraction of sp³-hybridized carbons (Fsp3) is 0.182. The number of thiophene rings is 1. The molecule has 0 aliphatic carbocycles. The van der Waals surface area contributed by atoms with E-state index in [4.69, 9.17) is 15.2 Å². The van der Waals surface area contributed by atoms with Crippen molar-refractivity contribution in [2.24, 2.45) is 10.7 Å². The highest BCUT2D eigenvalue weighted by molar-refractivity contribution is 7.12. The van der Waals surface area contributed by atoms with E-state index in [2.05, 4.69) is 10.3 Å². The lowest BCUT2D eigenvalue weighted by atomic mass is 10.1. The summed E-state index contributed by atoms with van der Waals surface area (Å²) in [5.74, 6) is 0.225. The number of nitrogens with one attached hydrogen (secondary N) is 1. The number of amidine groups is 1. The fourth-order valence-corrected chi connectivity index (χ4v) is 3.57. The minimum absolute atomic E-state index is 0. The van der Waals surface area contributed by atoms with Crippen LogP contribution in [-0.4, -0.2) is 31.1 Å². The lowest BCUT2D eigenvalue weighted by molar-refractivity contribution is 0.0939. The predicted octanol–water partition coefficient (Wildman–Crippen LogP) is 4.42. The van der Waals surface area contributed by atoms with Gasteiger partial charge in [0.05, 0.1) is 30.8 Å². The van der Waals surface area contributed by atoms with Crippen molar-refractivity contribution in [3.8, 4) is 17.2 Å². The van der Waals surface area contributed by atoms with Crippen LogP contribution in [0.3, 0.4) is 0 Å². The number of ether oxygens (including phenoxy) is 2. The third-order valence-corrected chi connectivity index (χ3v) is 5.40. The van der Waals surface area contributed by atoms with E-state index in [0.29, 0.717) is 17.1 Å². The number of amides is 1. The van der Waals surface area contributed by atoms with Gasteiger partial charge in [-0.3, -0.25) is 4.79 Å². The maximum atomic E-state index is 12.8. The van der Waals surface area contributed by atoms with E-state index < -0.39 is 0 Å². The number of carbonyl (C=O) groups excluding carboxylic acids is 1. The minimum atomic E-state index is -0.348. The van der Waals surface area contributed by atoms with Gasteiger partial charge in [0.25, 0.3) is 5.91 Å². The number of carbonyl (C=O) groups is 1. The van der Waals surface area contributed by atoms with Crippen LogP contribution in [0.15, 0.2) is 58.9 Å². The summed E-state index contributed by atoms with van der Waals surface area (Å²) in [4.78, 5) is 18.3. The van der Waals surface area contributed by atoms with Crippen LogP contribution in [0.1, 0.15) is 33.8 Å². The Hall–Kier alpha value is -3.23. The first kappa shape index (κ1) is 24.0. The first-order valence-corrected chi connectivity index (χ1v) is 10.0. The minimum Gasteiger partial charge on any atom is -0.502 e. The van der Waals surface area contributed by atoms with Crippen LogP contribution in [0, 0.1) is 0 Å². The number of benzene rings is 2. The monoisotopic (exact) mass is 461 g/mol. The summed E-state index contributed by atoms with van der Waals surface area (Å²) in [6.45, 7) is 1.86. The van der Waals surface area contributed by atoms with Gasteiger partial charge in [-0.1, -0.05) is 24.3 Å². The Morgan fingerprint density at radius 3 is 2.35 bits per heavy atom. The van der Waals surface area contributed by atoms with E-state index in [1.54, 1.807) is 0 Å². The van der Waals surface area contributed by atoms with Crippen LogP contribution in [0.4, 0.5) is 5.69 Å². The maximum absolute atomic E-state index is 12.8. The largest absolute Gasteiger partial charge is 0.502 e. The summed E-state index contributed by atoms with van der Waals surface area (Å²) in [7, 11) is 2.82. The van der Waals surface area contributed by atoms with E-state index in [0.717, 1.165) is 10.4 Å². The zero-order valence-electron chi connectivity index (χ0n) is 17.3. The van der Waals surface area contributed by atoms with Gasteiger partial charge in [-0.2, -0.15) is 0 Å². The van der Waals surface area contributed by atoms with Crippen molar-refractivity contribution in [3.63, 3.8) is 0 Å². The second-order valence-corrected chi connectivity index (χ2v) is 7.41. The molecule has 164 valence electrons. The molecule has 31 heavy (non-hydrogen) atoms. The molecule has 3 rings (SSSR count). The van der Waals surface area contributed by atoms with Gasteiger partial charge in [0, 0.05) is 5.56 Å². The van der Waals surface area contributed by atoms with Crippen molar-refractivity contribution in [1.29, 1.82) is 0 Å². The number of phenols is 1. The molecule has 0 aliphatic rings. The van der Waals surface area contributed by atoms with Crippen molar-refractivity contribution >= 4 is 41.2 Å². The molecular formula is C22H24ClN3O4S. The van der Waals surface area contributed by atoms with E-state index in [-0.39, 0.29) is 41.6 Å². The molecule has 1 unspecified atom stereocenters. The molecule has 0 saturated heterocycles. The van der Waals surface area contributed by atoms with Gasteiger partial charge in [-0.15, -0.1) is 23.7 Å². The summed E-state index contributed by atoms with van der Waals surface area (Å²) in [6, 6.07) is 13.9. The van der Waals surface area contributed by atoms with Crippen molar-refractivity contribution in [1.82, 2.24) is 5.32 Å². The number of methoxy groups -OCH3 is 2. The summed E-state index contributed by atoms with van der Waals surface area (Å²) in [5.41, 5.74) is 7.93. The number of aromatic hydroxyl groups is 1. The molecule has 0 spiro atoms. The van der Waals surface area contributed by atoms with Crippen molar-refractivity contribution in [2.45, 2.75) is 13.0 Å². The average Bonchev–Trinajstić information content (AvgIpc) is 3.29. The van der Waals surface area contributed by atoms with Gasteiger partial charge < -0.3 is 25.6 Å². The van der Waals surface area contributed by atoms with Crippen LogP contribution < -0.4 is 20.5 Å². The number of aliphatic imine (C=N–C) groups is 1. The SMILES string of the molecule is COc1cc(C(=O)NC(C)c2ccccc2N=C(N)c2cccs2)cc(OC)c1O.Cl.